The Morgan fingerprint density at radius 2 is 2.10 bits per heavy atom. The lowest BCUT2D eigenvalue weighted by Crippen LogP contribution is -2.12. The average Bonchev–Trinajstić information content (AvgIpc) is 2.79. The number of hydrogen-bond donors (Lipinski definition) is 0. The summed E-state index contributed by atoms with van der Waals surface area (Å²) in [5, 5.41) is 4.62. The number of Topliss-reactive ketones (excluding diaryl/α,β-unsaturated/α-hetero) is 1. The lowest BCUT2D eigenvalue weighted by Gasteiger charge is -2.07. The van der Waals surface area contributed by atoms with Crippen LogP contribution in [-0.4, -0.2) is 15.6 Å². The fraction of sp³-hybridized carbons (Fsp3) is 0.375. The van der Waals surface area contributed by atoms with Crippen LogP contribution in [-0.2, 0) is 13.0 Å². The Morgan fingerprint density at radius 1 is 1.35 bits per heavy atom. The van der Waals surface area contributed by atoms with Crippen LogP contribution in [0.25, 0.3) is 0 Å². The molecule has 20 heavy (non-hydrogen) atoms. The number of carbonyl (C=O) groups is 1. The maximum Gasteiger partial charge on any atom is 0.182 e. The minimum Gasteiger partial charge on any atom is -0.292 e. The molecule has 0 unspecified atom stereocenters. The predicted molar refractivity (Wildman–Crippen MR) is 81.4 cm³/mol. The molecule has 4 heteroatoms. The van der Waals surface area contributed by atoms with Crippen LogP contribution in [0.4, 0.5) is 0 Å². The second kappa shape index (κ2) is 6.71. The third-order valence-corrected chi connectivity index (χ3v) is 3.65. The van der Waals surface area contributed by atoms with E-state index in [1.165, 1.54) is 11.1 Å². The van der Waals surface area contributed by atoms with Crippen molar-refractivity contribution in [3.63, 3.8) is 0 Å². The number of aromatic nitrogens is 2. The standard InChI is InChI=1S/C16H19ClN2O/c1-3-10-19-16(14(17)11-18-19)15(20)9-8-13-7-5-4-6-12(13)2/h4-7,11H,3,8-10H2,1-2H3. The molecule has 1 aromatic carbocycles. The van der Waals surface area contributed by atoms with E-state index >= 15 is 0 Å². The van der Waals surface area contributed by atoms with Gasteiger partial charge in [0.25, 0.3) is 0 Å². The van der Waals surface area contributed by atoms with Gasteiger partial charge in [0.15, 0.2) is 5.78 Å². The van der Waals surface area contributed by atoms with Gasteiger partial charge in [0.1, 0.15) is 5.69 Å². The molecule has 0 saturated carbocycles. The van der Waals surface area contributed by atoms with Crippen LogP contribution in [0.1, 0.15) is 41.4 Å². The summed E-state index contributed by atoms with van der Waals surface area (Å²) in [5.41, 5.74) is 2.97. The molecule has 0 N–H and O–H groups in total. The molecule has 0 spiro atoms. The van der Waals surface area contributed by atoms with Gasteiger partial charge in [-0.25, -0.2) is 0 Å². The summed E-state index contributed by atoms with van der Waals surface area (Å²) < 4.78 is 1.71. The van der Waals surface area contributed by atoms with Gasteiger partial charge in [-0.15, -0.1) is 0 Å². The zero-order valence-corrected chi connectivity index (χ0v) is 12.7. The summed E-state index contributed by atoms with van der Waals surface area (Å²) in [7, 11) is 0. The van der Waals surface area contributed by atoms with E-state index in [-0.39, 0.29) is 5.78 Å². The number of benzene rings is 1. The number of rotatable bonds is 6. The summed E-state index contributed by atoms with van der Waals surface area (Å²) in [6, 6.07) is 8.14. The van der Waals surface area contributed by atoms with Gasteiger partial charge < -0.3 is 0 Å². The first-order valence-electron chi connectivity index (χ1n) is 6.92. The van der Waals surface area contributed by atoms with Gasteiger partial charge in [0.05, 0.1) is 11.2 Å². The number of hydrogen-bond acceptors (Lipinski definition) is 2. The molecule has 0 aliphatic rings. The maximum atomic E-state index is 12.4. The van der Waals surface area contributed by atoms with Gasteiger partial charge in [-0.2, -0.15) is 5.10 Å². The fourth-order valence-electron chi connectivity index (χ4n) is 2.28. The highest BCUT2D eigenvalue weighted by Gasteiger charge is 2.17. The van der Waals surface area contributed by atoms with E-state index in [9.17, 15) is 4.79 Å². The first kappa shape index (κ1) is 14.8. The normalized spacial score (nSPS) is 10.8. The van der Waals surface area contributed by atoms with E-state index < -0.39 is 0 Å². The topological polar surface area (TPSA) is 34.9 Å². The lowest BCUT2D eigenvalue weighted by atomic mass is 10.0. The van der Waals surface area contributed by atoms with Crippen molar-refractivity contribution < 1.29 is 4.79 Å². The molecular formula is C16H19ClN2O. The van der Waals surface area contributed by atoms with Crippen molar-refractivity contribution in [1.29, 1.82) is 0 Å². The highest BCUT2D eigenvalue weighted by Crippen LogP contribution is 2.19. The Morgan fingerprint density at radius 3 is 2.80 bits per heavy atom. The van der Waals surface area contributed by atoms with E-state index in [1.807, 2.05) is 12.1 Å². The Bertz CT molecular complexity index is 604. The molecule has 1 heterocycles. The molecule has 0 amide bonds. The highest BCUT2D eigenvalue weighted by molar-refractivity contribution is 6.33. The molecular weight excluding hydrogens is 272 g/mol. The molecule has 3 nitrogen and oxygen atoms in total. The molecule has 1 aromatic heterocycles. The number of ketones is 1. The molecule has 2 aromatic rings. The smallest absolute Gasteiger partial charge is 0.182 e. The SMILES string of the molecule is CCCn1ncc(Cl)c1C(=O)CCc1ccccc1C. The van der Waals surface area contributed by atoms with Crippen molar-refractivity contribution in [2.75, 3.05) is 0 Å². The third-order valence-electron chi connectivity index (χ3n) is 3.38. The summed E-state index contributed by atoms with van der Waals surface area (Å²) in [4.78, 5) is 12.4. The van der Waals surface area contributed by atoms with Crippen LogP contribution in [0, 0.1) is 6.92 Å². The van der Waals surface area contributed by atoms with E-state index in [2.05, 4.69) is 31.1 Å². The monoisotopic (exact) mass is 290 g/mol. The van der Waals surface area contributed by atoms with Crippen molar-refractivity contribution in [1.82, 2.24) is 9.78 Å². The molecule has 0 fully saturated rings. The summed E-state index contributed by atoms with van der Waals surface area (Å²) in [5.74, 6) is 0.0594. The molecule has 0 bridgehead atoms. The Kier molecular flexibility index (Phi) is 4.96. The van der Waals surface area contributed by atoms with E-state index in [0.29, 0.717) is 17.1 Å². The Balaban J connectivity index is 2.09. The van der Waals surface area contributed by atoms with Crippen LogP contribution >= 0.6 is 11.6 Å². The molecule has 0 atom stereocenters. The van der Waals surface area contributed by atoms with Crippen LogP contribution in [0.3, 0.4) is 0 Å². The molecule has 0 aliphatic carbocycles. The van der Waals surface area contributed by atoms with Gasteiger partial charge in [0, 0.05) is 13.0 Å². The van der Waals surface area contributed by atoms with Gasteiger partial charge >= 0.3 is 0 Å². The summed E-state index contributed by atoms with van der Waals surface area (Å²) in [6.45, 7) is 4.84. The third kappa shape index (κ3) is 3.28. The lowest BCUT2D eigenvalue weighted by molar-refractivity contribution is 0.0972. The number of nitrogens with zero attached hydrogens (tertiary/aromatic N) is 2. The number of halogens is 1. The first-order valence-corrected chi connectivity index (χ1v) is 7.30. The van der Waals surface area contributed by atoms with Crippen molar-refractivity contribution >= 4 is 17.4 Å². The molecule has 0 radical (unpaired) electrons. The summed E-state index contributed by atoms with van der Waals surface area (Å²) >= 11 is 6.08. The number of carbonyl (C=O) groups excluding carboxylic acids is 1. The van der Waals surface area contributed by atoms with Gasteiger partial charge in [-0.05, 0) is 30.9 Å². The Labute approximate surface area is 124 Å². The molecule has 106 valence electrons. The maximum absolute atomic E-state index is 12.4. The second-order valence-electron chi connectivity index (χ2n) is 4.91. The van der Waals surface area contributed by atoms with Gasteiger partial charge in [0.2, 0.25) is 0 Å². The van der Waals surface area contributed by atoms with Crippen LogP contribution in [0.5, 0.6) is 0 Å². The predicted octanol–water partition coefficient (Wildman–Crippen LogP) is 4.07. The average molecular weight is 291 g/mol. The van der Waals surface area contributed by atoms with Crippen LogP contribution in [0.2, 0.25) is 5.02 Å². The Hall–Kier alpha value is -1.61. The van der Waals surface area contributed by atoms with Gasteiger partial charge in [-0.1, -0.05) is 42.8 Å². The molecule has 0 aliphatic heterocycles. The van der Waals surface area contributed by atoms with Crippen molar-refractivity contribution in [3.8, 4) is 0 Å². The van der Waals surface area contributed by atoms with Gasteiger partial charge in [-0.3, -0.25) is 9.48 Å². The van der Waals surface area contributed by atoms with E-state index in [4.69, 9.17) is 11.6 Å². The highest BCUT2D eigenvalue weighted by atomic mass is 35.5. The largest absolute Gasteiger partial charge is 0.292 e. The van der Waals surface area contributed by atoms with E-state index in [0.717, 1.165) is 19.4 Å². The van der Waals surface area contributed by atoms with Crippen LogP contribution in [0.15, 0.2) is 30.5 Å². The van der Waals surface area contributed by atoms with Crippen molar-refractivity contribution in [2.45, 2.75) is 39.7 Å². The van der Waals surface area contributed by atoms with Crippen molar-refractivity contribution in [2.24, 2.45) is 0 Å². The summed E-state index contributed by atoms with van der Waals surface area (Å²) in [6.07, 6.45) is 3.67. The zero-order chi connectivity index (χ0) is 14.5. The quantitative estimate of drug-likeness (QED) is 0.752. The minimum absolute atomic E-state index is 0.0594. The molecule has 2 rings (SSSR count). The second-order valence-corrected chi connectivity index (χ2v) is 5.32. The minimum atomic E-state index is 0.0594. The van der Waals surface area contributed by atoms with Crippen LogP contribution < -0.4 is 0 Å². The van der Waals surface area contributed by atoms with Crippen molar-refractivity contribution in [3.05, 3.63) is 52.3 Å². The number of aryl methyl sites for hydroxylation is 3. The molecule has 0 saturated heterocycles. The first-order chi connectivity index (χ1) is 9.63. The van der Waals surface area contributed by atoms with E-state index in [1.54, 1.807) is 10.9 Å². The zero-order valence-electron chi connectivity index (χ0n) is 11.9. The fourth-order valence-corrected chi connectivity index (χ4v) is 2.52.